The summed E-state index contributed by atoms with van der Waals surface area (Å²) in [4.78, 5) is 40.6. The van der Waals surface area contributed by atoms with E-state index in [1.807, 2.05) is 18.2 Å². The molecule has 0 spiro atoms. The summed E-state index contributed by atoms with van der Waals surface area (Å²) in [6.45, 7) is 2.63. The number of amides is 2. The van der Waals surface area contributed by atoms with E-state index >= 15 is 0 Å². The number of carboxylic acid groups (broad SMARTS) is 1. The Morgan fingerprint density at radius 3 is 2.50 bits per heavy atom. The predicted octanol–water partition coefficient (Wildman–Crippen LogP) is 3.96. The zero-order chi connectivity index (χ0) is 26.2. The first-order valence-corrected chi connectivity index (χ1v) is 12.7. The van der Waals surface area contributed by atoms with E-state index in [0.29, 0.717) is 22.3 Å². The van der Waals surface area contributed by atoms with Gasteiger partial charge in [0.05, 0.1) is 22.5 Å². The van der Waals surface area contributed by atoms with Crippen LogP contribution in [0.5, 0.6) is 0 Å². The minimum absolute atomic E-state index is 0.00303. The van der Waals surface area contributed by atoms with E-state index in [1.165, 1.54) is 0 Å². The van der Waals surface area contributed by atoms with Crippen LogP contribution < -0.4 is 11.1 Å². The second-order valence-electron chi connectivity index (χ2n) is 9.11. The topological polar surface area (TPSA) is 116 Å². The summed E-state index contributed by atoms with van der Waals surface area (Å²) >= 11 is 12.1. The van der Waals surface area contributed by atoms with Crippen LogP contribution >= 0.6 is 23.2 Å². The molecule has 0 saturated carbocycles. The maximum atomic E-state index is 13.3. The summed E-state index contributed by atoms with van der Waals surface area (Å²) in [7, 11) is 1.79. The van der Waals surface area contributed by atoms with Crippen molar-refractivity contribution in [2.24, 2.45) is 5.73 Å². The predicted molar refractivity (Wildman–Crippen MR) is 141 cm³/mol. The van der Waals surface area contributed by atoms with E-state index < -0.39 is 12.0 Å². The van der Waals surface area contributed by atoms with Crippen LogP contribution in [0.4, 0.5) is 5.69 Å². The summed E-state index contributed by atoms with van der Waals surface area (Å²) in [5.74, 6) is -1.51. The van der Waals surface area contributed by atoms with E-state index in [-0.39, 0.29) is 37.1 Å². The molecule has 3 rings (SSSR count). The Hall–Kier alpha value is -2.65. The molecule has 10 heteroatoms. The minimum Gasteiger partial charge on any atom is -0.480 e. The number of carbonyl (C=O) groups is 3. The van der Waals surface area contributed by atoms with Crippen molar-refractivity contribution in [2.45, 2.75) is 44.2 Å². The van der Waals surface area contributed by atoms with Crippen LogP contribution in [0.15, 0.2) is 42.5 Å². The summed E-state index contributed by atoms with van der Waals surface area (Å²) < 4.78 is 0. The molecule has 0 aliphatic carbocycles. The number of hydrogen-bond acceptors (Lipinski definition) is 5. The molecule has 194 valence electrons. The number of nitrogens with two attached hydrogens (primary N) is 1. The monoisotopic (exact) mass is 534 g/mol. The second-order valence-corrected chi connectivity index (χ2v) is 9.92. The lowest BCUT2D eigenvalue weighted by Gasteiger charge is -2.32. The molecule has 1 aliphatic heterocycles. The van der Waals surface area contributed by atoms with Gasteiger partial charge in [-0.25, -0.2) is 0 Å². The van der Waals surface area contributed by atoms with Crippen LogP contribution in [0.2, 0.25) is 10.0 Å². The van der Waals surface area contributed by atoms with E-state index in [9.17, 15) is 14.4 Å². The van der Waals surface area contributed by atoms with E-state index in [2.05, 4.69) is 10.2 Å². The number of hydrogen-bond donors (Lipinski definition) is 3. The van der Waals surface area contributed by atoms with Crippen molar-refractivity contribution in [3.63, 3.8) is 0 Å². The number of halogens is 2. The molecule has 1 fully saturated rings. The van der Waals surface area contributed by atoms with Gasteiger partial charge in [-0.15, -0.1) is 0 Å². The van der Waals surface area contributed by atoms with Crippen LogP contribution in [0.1, 0.15) is 42.9 Å². The van der Waals surface area contributed by atoms with Crippen LogP contribution in [0, 0.1) is 0 Å². The smallest absolute Gasteiger partial charge is 0.320 e. The average molecular weight is 535 g/mol. The number of carboxylic acids is 1. The number of anilines is 1. The Morgan fingerprint density at radius 2 is 1.83 bits per heavy atom. The molecule has 0 bridgehead atoms. The van der Waals surface area contributed by atoms with Gasteiger partial charge < -0.3 is 26.0 Å². The summed E-state index contributed by atoms with van der Waals surface area (Å²) in [6, 6.07) is 11.3. The number of aliphatic carboxylic acids is 1. The minimum atomic E-state index is -1.14. The molecule has 4 N–H and O–H groups in total. The van der Waals surface area contributed by atoms with Crippen LogP contribution in [0.3, 0.4) is 0 Å². The van der Waals surface area contributed by atoms with Crippen molar-refractivity contribution in [3.8, 4) is 0 Å². The molecule has 1 saturated heterocycles. The first-order chi connectivity index (χ1) is 17.1. The van der Waals surface area contributed by atoms with Crippen molar-refractivity contribution in [1.82, 2.24) is 9.80 Å². The number of rotatable bonds is 11. The highest BCUT2D eigenvalue weighted by Crippen LogP contribution is 2.27. The van der Waals surface area contributed by atoms with Gasteiger partial charge in [0.15, 0.2) is 0 Å². The fraction of sp³-hybridized carbons (Fsp3) is 0.423. The molecule has 8 nitrogen and oxygen atoms in total. The highest BCUT2D eigenvalue weighted by atomic mass is 35.5. The second kappa shape index (κ2) is 13.1. The van der Waals surface area contributed by atoms with E-state index in [0.717, 1.165) is 37.1 Å². The molecule has 36 heavy (non-hydrogen) atoms. The first-order valence-electron chi connectivity index (χ1n) is 11.9. The summed E-state index contributed by atoms with van der Waals surface area (Å²) in [6.07, 6.45) is 2.48. The number of nitrogens with one attached hydrogen (secondary N) is 1. The molecular formula is C26H32Cl2N4O4. The quantitative estimate of drug-likeness (QED) is 0.401. The maximum absolute atomic E-state index is 13.3. The van der Waals surface area contributed by atoms with Crippen molar-refractivity contribution in [3.05, 3.63) is 63.6 Å². The van der Waals surface area contributed by atoms with Gasteiger partial charge in [0.1, 0.15) is 6.04 Å². The Balaban J connectivity index is 1.75. The normalized spacial score (nSPS) is 15.3. The average Bonchev–Trinajstić information content (AvgIpc) is 3.36. The summed E-state index contributed by atoms with van der Waals surface area (Å²) in [5, 5.41) is 12.6. The molecule has 0 aromatic heterocycles. The van der Waals surface area contributed by atoms with Crippen molar-refractivity contribution >= 4 is 46.7 Å². The van der Waals surface area contributed by atoms with Gasteiger partial charge in [-0.3, -0.25) is 14.4 Å². The van der Waals surface area contributed by atoms with Crippen molar-refractivity contribution in [1.29, 1.82) is 0 Å². The lowest BCUT2D eigenvalue weighted by molar-refractivity contribution is -0.138. The van der Waals surface area contributed by atoms with Gasteiger partial charge in [0, 0.05) is 25.7 Å². The SMILES string of the molecule is CN(C(=O)Cc1ccc(Cl)c(Cl)c1)[C@H](CN1CCCC1)c1cccc(NC(=O)CC[C@@H](N)C(=O)O)c1. The number of likely N-dealkylation sites (tertiary alicyclic amines) is 1. The zero-order valence-electron chi connectivity index (χ0n) is 20.3. The number of benzene rings is 2. The molecule has 2 atom stereocenters. The third-order valence-electron chi connectivity index (χ3n) is 6.38. The molecule has 2 aromatic rings. The van der Waals surface area contributed by atoms with E-state index in [1.54, 1.807) is 36.2 Å². The van der Waals surface area contributed by atoms with Crippen LogP contribution in [-0.2, 0) is 20.8 Å². The maximum Gasteiger partial charge on any atom is 0.320 e. The molecule has 0 unspecified atom stereocenters. The van der Waals surface area contributed by atoms with Gasteiger partial charge >= 0.3 is 5.97 Å². The van der Waals surface area contributed by atoms with Gasteiger partial charge in [-0.1, -0.05) is 41.4 Å². The highest BCUT2D eigenvalue weighted by Gasteiger charge is 2.26. The lowest BCUT2D eigenvalue weighted by Crippen LogP contribution is -2.39. The number of carbonyl (C=O) groups excluding carboxylic acids is 2. The molecule has 1 heterocycles. The standard InChI is InChI=1S/C26H32Cl2N4O4/c1-31(25(34)14-17-7-8-20(27)21(28)13-17)23(16-32-11-2-3-12-32)18-5-4-6-19(15-18)30-24(33)10-9-22(29)26(35)36/h4-8,13,15,22-23H,2-3,9-12,14,16,29H2,1H3,(H,30,33)(H,35,36)/t22-,23-/m1/s1. The lowest BCUT2D eigenvalue weighted by atomic mass is 10.0. The zero-order valence-corrected chi connectivity index (χ0v) is 21.8. The van der Waals surface area contributed by atoms with Gasteiger partial charge in [0.2, 0.25) is 11.8 Å². The van der Waals surface area contributed by atoms with Crippen molar-refractivity contribution < 1.29 is 19.5 Å². The van der Waals surface area contributed by atoms with E-state index in [4.69, 9.17) is 34.0 Å². The third-order valence-corrected chi connectivity index (χ3v) is 7.12. The van der Waals surface area contributed by atoms with Gasteiger partial charge in [-0.05, 0) is 67.7 Å². The summed E-state index contributed by atoms with van der Waals surface area (Å²) in [5.41, 5.74) is 7.75. The largest absolute Gasteiger partial charge is 0.480 e. The van der Waals surface area contributed by atoms with Crippen molar-refractivity contribution in [2.75, 3.05) is 32.0 Å². The third kappa shape index (κ3) is 7.93. The van der Waals surface area contributed by atoms with Gasteiger partial charge in [0.25, 0.3) is 0 Å². The Labute approximate surface area is 221 Å². The molecule has 2 aromatic carbocycles. The van der Waals surface area contributed by atoms with Crippen LogP contribution in [-0.4, -0.2) is 65.4 Å². The Bertz CT molecular complexity index is 1090. The number of nitrogens with zero attached hydrogens (tertiary/aromatic N) is 2. The fourth-order valence-electron chi connectivity index (χ4n) is 4.24. The molecule has 1 aliphatic rings. The molecule has 0 radical (unpaired) electrons. The Morgan fingerprint density at radius 1 is 1.11 bits per heavy atom. The molecule has 2 amide bonds. The number of likely N-dealkylation sites (N-methyl/N-ethyl adjacent to an activating group) is 1. The fourth-order valence-corrected chi connectivity index (χ4v) is 4.56. The highest BCUT2D eigenvalue weighted by molar-refractivity contribution is 6.42. The Kier molecular flexibility index (Phi) is 10.1. The van der Waals surface area contributed by atoms with Crippen LogP contribution in [0.25, 0.3) is 0 Å². The first kappa shape index (κ1) is 27.9. The molecular weight excluding hydrogens is 503 g/mol. The van der Waals surface area contributed by atoms with Gasteiger partial charge in [-0.2, -0.15) is 0 Å².